The number of aromatic carboxylic acids is 1. The summed E-state index contributed by atoms with van der Waals surface area (Å²) in [6.45, 7) is 0. The first kappa shape index (κ1) is 14.5. The Morgan fingerprint density at radius 1 is 1.05 bits per heavy atom. The first-order valence-corrected chi connectivity index (χ1v) is 7.00. The maximum Gasteiger partial charge on any atom is 0.337 e. The normalized spacial score (nSPS) is 29.3. The summed E-state index contributed by atoms with van der Waals surface area (Å²) in [7, 11) is 0. The fourth-order valence-electron chi connectivity index (χ4n) is 3.32. The summed E-state index contributed by atoms with van der Waals surface area (Å²) in [6, 6.07) is 6.02. The largest absolute Gasteiger partial charge is 0.481 e. The number of anilines is 1. The van der Waals surface area contributed by atoms with Crippen molar-refractivity contribution in [3.8, 4) is 0 Å². The number of hydrogen-bond acceptors (Lipinski definition) is 4. The number of benzene rings is 1. The summed E-state index contributed by atoms with van der Waals surface area (Å²) in [4.78, 5) is 35.0. The van der Waals surface area contributed by atoms with Gasteiger partial charge < -0.3 is 20.3 Å². The Morgan fingerprint density at radius 3 is 2.32 bits per heavy atom. The second kappa shape index (κ2) is 5.42. The zero-order valence-corrected chi connectivity index (χ0v) is 11.6. The number of para-hydroxylation sites is 1. The van der Waals surface area contributed by atoms with Crippen molar-refractivity contribution < 1.29 is 29.3 Å². The molecule has 0 aromatic heterocycles. The molecule has 1 aromatic rings. The molecule has 1 aromatic carbocycles. The van der Waals surface area contributed by atoms with E-state index in [1.807, 2.05) is 0 Å². The van der Waals surface area contributed by atoms with E-state index in [4.69, 9.17) is 9.84 Å². The first-order valence-electron chi connectivity index (χ1n) is 7.00. The van der Waals surface area contributed by atoms with E-state index in [9.17, 15) is 19.5 Å². The minimum Gasteiger partial charge on any atom is -0.481 e. The molecule has 3 N–H and O–H groups in total. The third-order valence-corrected chi connectivity index (χ3v) is 4.28. The topological polar surface area (TPSA) is 113 Å². The number of nitrogens with one attached hydrogen (secondary N) is 1. The molecule has 0 unspecified atom stereocenters. The Labute approximate surface area is 125 Å². The van der Waals surface area contributed by atoms with Gasteiger partial charge in [-0.1, -0.05) is 12.1 Å². The summed E-state index contributed by atoms with van der Waals surface area (Å²) in [5.74, 6) is -4.39. The van der Waals surface area contributed by atoms with Crippen LogP contribution in [0.4, 0.5) is 5.69 Å². The maximum atomic E-state index is 12.4. The summed E-state index contributed by atoms with van der Waals surface area (Å²) in [5, 5.41) is 21.0. The van der Waals surface area contributed by atoms with Crippen molar-refractivity contribution in [2.45, 2.75) is 25.0 Å². The maximum absolute atomic E-state index is 12.4. The highest BCUT2D eigenvalue weighted by Gasteiger charge is 2.55. The summed E-state index contributed by atoms with van der Waals surface area (Å²) < 4.78 is 5.54. The molecule has 0 aliphatic carbocycles. The molecule has 2 aliphatic heterocycles. The average Bonchev–Trinajstić information content (AvgIpc) is 3.08. The van der Waals surface area contributed by atoms with Crippen LogP contribution in [0.1, 0.15) is 23.2 Å². The van der Waals surface area contributed by atoms with Gasteiger partial charge in [0.15, 0.2) is 0 Å². The lowest BCUT2D eigenvalue weighted by atomic mass is 9.78. The number of fused-ring (bicyclic) bond motifs is 2. The molecule has 2 saturated heterocycles. The summed E-state index contributed by atoms with van der Waals surface area (Å²) in [6.07, 6.45) is 0.431. The van der Waals surface area contributed by atoms with Crippen LogP contribution in [-0.2, 0) is 14.3 Å². The van der Waals surface area contributed by atoms with E-state index in [0.717, 1.165) is 0 Å². The van der Waals surface area contributed by atoms with Gasteiger partial charge in [-0.2, -0.15) is 0 Å². The van der Waals surface area contributed by atoms with Gasteiger partial charge in [0.1, 0.15) is 0 Å². The average molecular weight is 305 g/mol. The van der Waals surface area contributed by atoms with Crippen LogP contribution in [0, 0.1) is 11.8 Å². The molecule has 0 spiro atoms. The number of carbonyl (C=O) groups excluding carboxylic acids is 1. The molecule has 1 amide bonds. The van der Waals surface area contributed by atoms with Gasteiger partial charge in [-0.3, -0.25) is 9.59 Å². The van der Waals surface area contributed by atoms with Crippen LogP contribution in [0.5, 0.6) is 0 Å². The third-order valence-electron chi connectivity index (χ3n) is 4.28. The van der Waals surface area contributed by atoms with Gasteiger partial charge in [0.2, 0.25) is 5.91 Å². The molecule has 0 saturated carbocycles. The summed E-state index contributed by atoms with van der Waals surface area (Å²) >= 11 is 0. The van der Waals surface area contributed by atoms with Crippen molar-refractivity contribution >= 4 is 23.5 Å². The van der Waals surface area contributed by atoms with Gasteiger partial charge in [-0.15, -0.1) is 0 Å². The minimum atomic E-state index is -1.16. The van der Waals surface area contributed by atoms with E-state index in [1.54, 1.807) is 12.1 Å². The number of aliphatic carboxylic acids is 1. The monoisotopic (exact) mass is 305 g/mol. The van der Waals surface area contributed by atoms with Crippen LogP contribution in [0.3, 0.4) is 0 Å². The Bertz CT molecular complexity index is 643. The van der Waals surface area contributed by atoms with E-state index >= 15 is 0 Å². The van der Waals surface area contributed by atoms with Gasteiger partial charge in [-0.25, -0.2) is 4.79 Å². The molecule has 0 radical (unpaired) electrons. The zero-order chi connectivity index (χ0) is 15.9. The molecule has 2 aliphatic rings. The lowest BCUT2D eigenvalue weighted by molar-refractivity contribution is -0.147. The molecular weight excluding hydrogens is 290 g/mol. The minimum absolute atomic E-state index is 0.0354. The fraction of sp³-hybridized carbons (Fsp3) is 0.400. The highest BCUT2D eigenvalue weighted by Crippen LogP contribution is 2.44. The SMILES string of the molecule is O=C(O)c1ccccc1NC(=O)[C@H]1[C@H](C(=O)O)[C@H]2CC[C@H]1O2. The smallest absolute Gasteiger partial charge is 0.337 e. The van der Waals surface area contributed by atoms with Gasteiger partial charge in [0, 0.05) is 0 Å². The molecule has 2 bridgehead atoms. The Balaban J connectivity index is 1.83. The molecular formula is C15H15NO6. The van der Waals surface area contributed by atoms with Gasteiger partial charge in [0.25, 0.3) is 0 Å². The predicted octanol–water partition coefficient (Wildman–Crippen LogP) is 1.20. The second-order valence-corrected chi connectivity index (χ2v) is 5.52. The van der Waals surface area contributed by atoms with Crippen molar-refractivity contribution in [2.75, 3.05) is 5.32 Å². The number of carboxylic acid groups (broad SMARTS) is 2. The Morgan fingerprint density at radius 2 is 1.68 bits per heavy atom. The molecule has 116 valence electrons. The molecule has 4 atom stereocenters. The van der Waals surface area contributed by atoms with E-state index in [0.29, 0.717) is 12.8 Å². The van der Waals surface area contributed by atoms with E-state index in [2.05, 4.69) is 5.32 Å². The highest BCUT2D eigenvalue weighted by molar-refractivity contribution is 6.02. The molecule has 2 heterocycles. The lowest BCUT2D eigenvalue weighted by Crippen LogP contribution is -2.41. The number of hydrogen-bond donors (Lipinski definition) is 3. The van der Waals surface area contributed by atoms with E-state index < -0.39 is 41.9 Å². The van der Waals surface area contributed by atoms with Gasteiger partial charge in [-0.05, 0) is 25.0 Å². The number of rotatable bonds is 4. The fourth-order valence-corrected chi connectivity index (χ4v) is 3.32. The first-order chi connectivity index (χ1) is 10.5. The second-order valence-electron chi connectivity index (χ2n) is 5.52. The van der Waals surface area contributed by atoms with Crippen LogP contribution >= 0.6 is 0 Å². The van der Waals surface area contributed by atoms with Crippen LogP contribution in [0.15, 0.2) is 24.3 Å². The molecule has 22 heavy (non-hydrogen) atoms. The van der Waals surface area contributed by atoms with Gasteiger partial charge >= 0.3 is 11.9 Å². The number of amides is 1. The van der Waals surface area contributed by atoms with Crippen molar-refractivity contribution in [3.63, 3.8) is 0 Å². The van der Waals surface area contributed by atoms with Crippen LogP contribution in [-0.4, -0.2) is 40.3 Å². The third kappa shape index (κ3) is 2.33. The van der Waals surface area contributed by atoms with Crippen molar-refractivity contribution in [3.05, 3.63) is 29.8 Å². The standard InChI is InChI=1S/C15H15NO6/c17-13(16-8-4-2-1-3-7(8)14(18)19)11-9-5-6-10(22-9)12(11)15(20)21/h1-4,9-12H,5-6H2,(H,16,17)(H,18,19)(H,20,21)/t9-,10-,11-,12-/m1/s1. The molecule has 7 nitrogen and oxygen atoms in total. The highest BCUT2D eigenvalue weighted by atomic mass is 16.5. The number of carbonyl (C=O) groups is 3. The molecule has 2 fully saturated rings. The number of ether oxygens (including phenoxy) is 1. The Kier molecular flexibility index (Phi) is 3.58. The zero-order valence-electron chi connectivity index (χ0n) is 11.6. The van der Waals surface area contributed by atoms with Crippen LogP contribution in [0.2, 0.25) is 0 Å². The van der Waals surface area contributed by atoms with Gasteiger partial charge in [0.05, 0.1) is 35.3 Å². The molecule has 7 heteroatoms. The number of carboxylic acids is 2. The lowest BCUT2D eigenvalue weighted by Gasteiger charge is -2.24. The Hall–Kier alpha value is -2.41. The van der Waals surface area contributed by atoms with Crippen molar-refractivity contribution in [1.82, 2.24) is 0 Å². The van der Waals surface area contributed by atoms with E-state index in [-0.39, 0.29) is 11.3 Å². The predicted molar refractivity (Wildman–Crippen MR) is 74.5 cm³/mol. The van der Waals surface area contributed by atoms with Crippen molar-refractivity contribution in [2.24, 2.45) is 11.8 Å². The quantitative estimate of drug-likeness (QED) is 0.770. The summed E-state index contributed by atoms with van der Waals surface area (Å²) in [5.41, 5.74) is 0.124. The van der Waals surface area contributed by atoms with Crippen LogP contribution in [0.25, 0.3) is 0 Å². The van der Waals surface area contributed by atoms with Crippen molar-refractivity contribution in [1.29, 1.82) is 0 Å². The van der Waals surface area contributed by atoms with Crippen LogP contribution < -0.4 is 5.32 Å². The molecule has 3 rings (SSSR count). The van der Waals surface area contributed by atoms with E-state index in [1.165, 1.54) is 12.1 Å².